The van der Waals surface area contributed by atoms with E-state index in [-0.39, 0.29) is 38.3 Å². The molecule has 34 heavy (non-hydrogen) atoms. The summed E-state index contributed by atoms with van der Waals surface area (Å²) < 4.78 is 13.6. The van der Waals surface area contributed by atoms with Gasteiger partial charge in [0.15, 0.2) is 0 Å². The normalized spacial score (nSPS) is 12.4. The second-order valence-corrected chi connectivity index (χ2v) is 7.34. The number of carboxylic acid groups (broad SMARTS) is 3. The number of amides is 3. The van der Waals surface area contributed by atoms with Gasteiger partial charge in [0, 0.05) is 32.0 Å². The second-order valence-electron chi connectivity index (χ2n) is 7.34. The molecular formula is C19H29FN6O8. The molecule has 0 bridgehead atoms. The van der Waals surface area contributed by atoms with Crippen LogP contribution < -0.4 is 16.0 Å². The Kier molecular flexibility index (Phi) is 12.6. The molecule has 1 rings (SSSR count). The van der Waals surface area contributed by atoms with Gasteiger partial charge in [0.2, 0.25) is 5.91 Å². The number of rotatable bonds is 17. The molecule has 0 saturated heterocycles. The minimum atomic E-state index is -1.48. The molecule has 0 aliphatic carbocycles. The summed E-state index contributed by atoms with van der Waals surface area (Å²) in [6, 6.07) is -3.81. The maximum Gasteiger partial charge on any atom is 0.326 e. The number of aryl methyl sites for hydroxylation is 2. The molecule has 0 fully saturated rings. The van der Waals surface area contributed by atoms with Gasteiger partial charge in [-0.1, -0.05) is 5.21 Å². The number of aromatic nitrogens is 3. The van der Waals surface area contributed by atoms with Crippen LogP contribution >= 0.6 is 0 Å². The molecule has 0 saturated carbocycles. The number of halogens is 1. The lowest BCUT2D eigenvalue weighted by Gasteiger charge is -2.18. The molecular weight excluding hydrogens is 459 g/mol. The minimum Gasteiger partial charge on any atom is -0.481 e. The molecule has 0 aliphatic heterocycles. The Labute approximate surface area is 193 Å². The molecule has 0 aromatic carbocycles. The first-order valence-corrected chi connectivity index (χ1v) is 10.6. The maximum absolute atomic E-state index is 12.2. The van der Waals surface area contributed by atoms with Crippen LogP contribution in [-0.2, 0) is 32.1 Å². The first-order valence-electron chi connectivity index (χ1n) is 10.6. The molecule has 1 aromatic rings. The Morgan fingerprint density at radius 3 is 2.21 bits per heavy atom. The summed E-state index contributed by atoms with van der Waals surface area (Å²) in [5.41, 5.74) is 0.561. The smallest absolute Gasteiger partial charge is 0.326 e. The van der Waals surface area contributed by atoms with Crippen molar-refractivity contribution >= 4 is 29.8 Å². The zero-order valence-electron chi connectivity index (χ0n) is 18.4. The van der Waals surface area contributed by atoms with Gasteiger partial charge in [-0.25, -0.2) is 23.5 Å². The monoisotopic (exact) mass is 488 g/mol. The molecule has 0 unspecified atom stereocenters. The van der Waals surface area contributed by atoms with Crippen molar-refractivity contribution in [3.05, 3.63) is 11.9 Å². The summed E-state index contributed by atoms with van der Waals surface area (Å²) in [5, 5.41) is 41.4. The van der Waals surface area contributed by atoms with Crippen molar-refractivity contribution in [3.8, 4) is 0 Å². The number of hydrogen-bond donors (Lipinski definition) is 6. The van der Waals surface area contributed by atoms with Crippen molar-refractivity contribution < 1.29 is 43.7 Å². The van der Waals surface area contributed by atoms with Crippen LogP contribution in [-0.4, -0.2) is 85.5 Å². The van der Waals surface area contributed by atoms with E-state index in [0.717, 1.165) is 0 Å². The molecule has 6 N–H and O–H groups in total. The Hall–Kier alpha value is -3.78. The number of carbonyl (C=O) groups is 5. The van der Waals surface area contributed by atoms with Crippen molar-refractivity contribution in [2.24, 2.45) is 0 Å². The van der Waals surface area contributed by atoms with Crippen molar-refractivity contribution in [1.29, 1.82) is 0 Å². The number of nitrogens with zero attached hydrogens (tertiary/aromatic N) is 3. The van der Waals surface area contributed by atoms with Gasteiger partial charge in [0.25, 0.3) is 0 Å². The molecule has 190 valence electrons. The van der Waals surface area contributed by atoms with Crippen LogP contribution in [0, 0.1) is 0 Å². The van der Waals surface area contributed by atoms with Crippen LogP contribution in [0.4, 0.5) is 9.18 Å². The molecule has 15 heteroatoms. The van der Waals surface area contributed by atoms with Crippen LogP contribution in [0.5, 0.6) is 0 Å². The predicted octanol–water partition coefficient (Wildman–Crippen LogP) is -0.463. The van der Waals surface area contributed by atoms with E-state index in [0.29, 0.717) is 25.0 Å². The Balaban J connectivity index is 2.31. The molecule has 1 aromatic heterocycles. The average molecular weight is 488 g/mol. The summed E-state index contributed by atoms with van der Waals surface area (Å²) >= 11 is 0. The third kappa shape index (κ3) is 11.7. The fourth-order valence-electron chi connectivity index (χ4n) is 2.82. The first-order chi connectivity index (χ1) is 16.1. The van der Waals surface area contributed by atoms with Gasteiger partial charge in [0.05, 0.1) is 12.2 Å². The lowest BCUT2D eigenvalue weighted by atomic mass is 10.1. The number of unbranched alkanes of at least 4 members (excludes halogenated alkanes) is 1. The van der Waals surface area contributed by atoms with Gasteiger partial charge in [-0.05, 0) is 25.7 Å². The number of alkyl halides is 1. The summed E-state index contributed by atoms with van der Waals surface area (Å²) in [5.74, 6) is -4.24. The van der Waals surface area contributed by atoms with Crippen molar-refractivity contribution in [2.45, 2.75) is 63.6 Å². The van der Waals surface area contributed by atoms with E-state index >= 15 is 0 Å². The lowest BCUT2D eigenvalue weighted by Crippen LogP contribution is -2.51. The molecule has 14 nitrogen and oxygen atoms in total. The molecule has 0 spiro atoms. The molecule has 3 amide bonds. The van der Waals surface area contributed by atoms with Crippen LogP contribution in [0.2, 0.25) is 0 Å². The summed E-state index contributed by atoms with van der Waals surface area (Å²) in [4.78, 5) is 56.9. The molecule has 0 radical (unpaired) electrons. The number of carboxylic acids is 3. The highest BCUT2D eigenvalue weighted by atomic mass is 19.1. The second kappa shape index (κ2) is 15.1. The number of hydrogen-bond acceptors (Lipinski definition) is 7. The topological polar surface area (TPSA) is 213 Å². The number of urea groups is 1. The molecule has 0 aliphatic rings. The average Bonchev–Trinajstić information content (AvgIpc) is 3.21. The largest absolute Gasteiger partial charge is 0.481 e. The third-order valence-electron chi connectivity index (χ3n) is 4.60. The SMILES string of the molecule is O=C(O)CC[C@H](NC(=O)N[C@@H](CCCCNC(=O)CCc1cn(CCF)nn1)C(=O)O)C(=O)O. The van der Waals surface area contributed by atoms with Gasteiger partial charge in [-0.2, -0.15) is 0 Å². The zero-order chi connectivity index (χ0) is 25.5. The third-order valence-corrected chi connectivity index (χ3v) is 4.60. The van der Waals surface area contributed by atoms with E-state index in [9.17, 15) is 33.5 Å². The van der Waals surface area contributed by atoms with E-state index < -0.39 is 49.1 Å². The first kappa shape index (κ1) is 28.3. The van der Waals surface area contributed by atoms with E-state index in [1.807, 2.05) is 5.32 Å². The highest BCUT2D eigenvalue weighted by Crippen LogP contribution is 2.03. The van der Waals surface area contributed by atoms with E-state index in [4.69, 9.17) is 10.2 Å². The van der Waals surface area contributed by atoms with Crippen LogP contribution in [0.3, 0.4) is 0 Å². The summed E-state index contributed by atoms with van der Waals surface area (Å²) in [6.07, 6.45) is 2.02. The van der Waals surface area contributed by atoms with Crippen molar-refractivity contribution in [3.63, 3.8) is 0 Å². The van der Waals surface area contributed by atoms with Gasteiger partial charge in [0.1, 0.15) is 18.8 Å². The lowest BCUT2D eigenvalue weighted by molar-refractivity contribution is -0.140. The zero-order valence-corrected chi connectivity index (χ0v) is 18.4. The predicted molar refractivity (Wildman–Crippen MR) is 113 cm³/mol. The highest BCUT2D eigenvalue weighted by molar-refractivity contribution is 5.86. The Morgan fingerprint density at radius 1 is 0.971 bits per heavy atom. The van der Waals surface area contributed by atoms with Gasteiger partial charge in [-0.15, -0.1) is 5.10 Å². The summed E-state index contributed by atoms with van der Waals surface area (Å²) in [7, 11) is 0. The van der Waals surface area contributed by atoms with Crippen LogP contribution in [0.15, 0.2) is 6.20 Å². The summed E-state index contributed by atoms with van der Waals surface area (Å²) in [6.45, 7) is -0.192. The minimum absolute atomic E-state index is 0.0309. The fraction of sp³-hybridized carbons (Fsp3) is 0.632. The van der Waals surface area contributed by atoms with Gasteiger partial charge < -0.3 is 31.3 Å². The van der Waals surface area contributed by atoms with E-state index in [1.165, 1.54) is 4.68 Å². The number of aliphatic carboxylic acids is 3. The maximum atomic E-state index is 12.2. The number of nitrogens with one attached hydrogen (secondary N) is 3. The molecule has 2 atom stereocenters. The van der Waals surface area contributed by atoms with E-state index in [1.54, 1.807) is 6.20 Å². The number of carbonyl (C=O) groups excluding carboxylic acids is 2. The van der Waals surface area contributed by atoms with Crippen molar-refractivity contribution in [2.75, 3.05) is 13.2 Å². The molecule has 1 heterocycles. The highest BCUT2D eigenvalue weighted by Gasteiger charge is 2.24. The standard InChI is InChI=1S/C19H29FN6O8/c20-8-10-26-11-12(24-25-26)4-6-15(27)21-9-2-1-3-13(17(30)31)22-19(34)23-14(18(32)33)5-7-16(28)29/h11,13-14H,1-10H2,(H,21,27)(H,28,29)(H,30,31)(H,32,33)(H2,22,23,34)/t13-,14-/m0/s1. The van der Waals surface area contributed by atoms with Crippen molar-refractivity contribution in [1.82, 2.24) is 30.9 Å². The Bertz CT molecular complexity index is 849. The van der Waals surface area contributed by atoms with E-state index in [2.05, 4.69) is 20.9 Å². The van der Waals surface area contributed by atoms with Crippen LogP contribution in [0.25, 0.3) is 0 Å². The fourth-order valence-corrected chi connectivity index (χ4v) is 2.82. The van der Waals surface area contributed by atoms with Crippen LogP contribution in [0.1, 0.15) is 44.2 Å². The quantitative estimate of drug-likeness (QED) is 0.155. The van der Waals surface area contributed by atoms with Gasteiger partial charge >= 0.3 is 23.9 Å². The van der Waals surface area contributed by atoms with Gasteiger partial charge in [-0.3, -0.25) is 9.59 Å². The Morgan fingerprint density at radius 2 is 1.62 bits per heavy atom.